The van der Waals surface area contributed by atoms with Crippen molar-refractivity contribution < 1.29 is 9.47 Å². The predicted octanol–water partition coefficient (Wildman–Crippen LogP) is 4.75. The summed E-state index contributed by atoms with van der Waals surface area (Å²) in [6, 6.07) is 13.5. The third-order valence-electron chi connectivity index (χ3n) is 3.05. The summed E-state index contributed by atoms with van der Waals surface area (Å²) < 4.78 is 10.9. The molecule has 0 amide bonds. The van der Waals surface area contributed by atoms with Gasteiger partial charge in [-0.15, -0.1) is 0 Å². The molecule has 1 N–H and O–H groups in total. The Hall–Kier alpha value is -1.87. The molecule has 0 aliphatic carbocycles. The molecular weight excluding hydrogens is 286 g/mol. The Morgan fingerprint density at radius 1 is 1.10 bits per heavy atom. The van der Waals surface area contributed by atoms with Crippen LogP contribution in [0.4, 0.5) is 5.69 Å². The summed E-state index contributed by atoms with van der Waals surface area (Å²) in [6.07, 6.45) is 1.01. The molecule has 0 unspecified atom stereocenters. The number of halogens is 1. The Morgan fingerprint density at radius 2 is 1.86 bits per heavy atom. The fourth-order valence-corrected chi connectivity index (χ4v) is 2.17. The van der Waals surface area contributed by atoms with E-state index in [9.17, 15) is 0 Å². The van der Waals surface area contributed by atoms with Crippen LogP contribution in [0.15, 0.2) is 42.5 Å². The van der Waals surface area contributed by atoms with Gasteiger partial charge in [0.1, 0.15) is 11.5 Å². The molecule has 0 heterocycles. The minimum absolute atomic E-state index is 0.652. The molecule has 0 aromatic heterocycles. The Balaban J connectivity index is 1.98. The normalized spacial score (nSPS) is 10.2. The number of nitrogens with one attached hydrogen (secondary N) is 1. The lowest BCUT2D eigenvalue weighted by Gasteiger charge is -2.11. The largest absolute Gasteiger partial charge is 0.496 e. The zero-order chi connectivity index (χ0) is 15.1. The minimum atomic E-state index is 0.652. The SMILES string of the molecule is CCCOc1ccc(NCc2cc(Cl)ccc2OC)cc1. The molecule has 0 aliphatic rings. The van der Waals surface area contributed by atoms with Crippen molar-refractivity contribution in [3.8, 4) is 11.5 Å². The number of anilines is 1. The Morgan fingerprint density at radius 3 is 2.52 bits per heavy atom. The maximum atomic E-state index is 6.02. The predicted molar refractivity (Wildman–Crippen MR) is 87.6 cm³/mol. The van der Waals surface area contributed by atoms with Gasteiger partial charge in [0.05, 0.1) is 13.7 Å². The average Bonchev–Trinajstić information content (AvgIpc) is 2.52. The summed E-state index contributed by atoms with van der Waals surface area (Å²) in [6.45, 7) is 3.49. The molecule has 0 radical (unpaired) electrons. The summed E-state index contributed by atoms with van der Waals surface area (Å²) in [5.74, 6) is 1.72. The molecule has 0 aliphatic heterocycles. The van der Waals surface area contributed by atoms with Gasteiger partial charge in [-0.05, 0) is 48.9 Å². The quantitative estimate of drug-likeness (QED) is 0.800. The first-order valence-electron chi connectivity index (χ1n) is 7.02. The van der Waals surface area contributed by atoms with Crippen LogP contribution in [-0.2, 0) is 6.54 Å². The van der Waals surface area contributed by atoms with Crippen LogP contribution in [0.1, 0.15) is 18.9 Å². The fourth-order valence-electron chi connectivity index (χ4n) is 1.97. The minimum Gasteiger partial charge on any atom is -0.496 e. The number of ether oxygens (including phenoxy) is 2. The average molecular weight is 306 g/mol. The Labute approximate surface area is 130 Å². The first-order chi connectivity index (χ1) is 10.2. The standard InChI is InChI=1S/C17H20ClNO2/c1-3-10-21-16-7-5-15(6-8-16)19-12-13-11-14(18)4-9-17(13)20-2/h4-9,11,19H,3,10,12H2,1-2H3. The van der Waals surface area contributed by atoms with E-state index in [1.165, 1.54) is 0 Å². The van der Waals surface area contributed by atoms with Crippen LogP contribution >= 0.6 is 11.6 Å². The molecule has 21 heavy (non-hydrogen) atoms. The number of rotatable bonds is 7. The lowest BCUT2D eigenvalue weighted by atomic mass is 10.2. The van der Waals surface area contributed by atoms with Gasteiger partial charge in [0.15, 0.2) is 0 Å². The molecule has 4 heteroatoms. The number of hydrogen-bond donors (Lipinski definition) is 1. The lowest BCUT2D eigenvalue weighted by Crippen LogP contribution is -2.02. The monoisotopic (exact) mass is 305 g/mol. The fraction of sp³-hybridized carbons (Fsp3) is 0.294. The molecule has 0 spiro atoms. The van der Waals surface area contributed by atoms with Crippen molar-refractivity contribution >= 4 is 17.3 Å². The third kappa shape index (κ3) is 4.57. The lowest BCUT2D eigenvalue weighted by molar-refractivity contribution is 0.317. The summed E-state index contributed by atoms with van der Waals surface area (Å²) in [4.78, 5) is 0. The molecule has 0 fully saturated rings. The van der Waals surface area contributed by atoms with E-state index in [1.54, 1.807) is 7.11 Å². The maximum Gasteiger partial charge on any atom is 0.123 e. The van der Waals surface area contributed by atoms with Crippen LogP contribution in [0.25, 0.3) is 0 Å². The molecule has 2 aromatic rings. The van der Waals surface area contributed by atoms with E-state index in [4.69, 9.17) is 21.1 Å². The van der Waals surface area contributed by atoms with Crippen molar-refractivity contribution in [3.63, 3.8) is 0 Å². The van der Waals surface area contributed by atoms with Crippen molar-refractivity contribution in [2.45, 2.75) is 19.9 Å². The van der Waals surface area contributed by atoms with Crippen LogP contribution < -0.4 is 14.8 Å². The summed E-state index contributed by atoms with van der Waals surface area (Å²) >= 11 is 6.02. The van der Waals surface area contributed by atoms with Crippen molar-refractivity contribution in [2.75, 3.05) is 19.0 Å². The molecule has 0 saturated heterocycles. The highest BCUT2D eigenvalue weighted by atomic mass is 35.5. The van der Waals surface area contributed by atoms with E-state index < -0.39 is 0 Å². The zero-order valence-corrected chi connectivity index (χ0v) is 13.1. The van der Waals surface area contributed by atoms with Gasteiger partial charge in [0, 0.05) is 22.8 Å². The van der Waals surface area contributed by atoms with Gasteiger partial charge >= 0.3 is 0 Å². The van der Waals surface area contributed by atoms with Gasteiger partial charge in [-0.3, -0.25) is 0 Å². The number of benzene rings is 2. The maximum absolute atomic E-state index is 6.02. The molecule has 0 bridgehead atoms. The van der Waals surface area contributed by atoms with Gasteiger partial charge in [0.25, 0.3) is 0 Å². The van der Waals surface area contributed by atoms with Crippen LogP contribution in [0.5, 0.6) is 11.5 Å². The van der Waals surface area contributed by atoms with Crippen molar-refractivity contribution in [2.24, 2.45) is 0 Å². The van der Waals surface area contributed by atoms with E-state index in [0.717, 1.165) is 35.8 Å². The number of hydrogen-bond acceptors (Lipinski definition) is 3. The topological polar surface area (TPSA) is 30.5 Å². The van der Waals surface area contributed by atoms with Crippen molar-refractivity contribution in [1.82, 2.24) is 0 Å². The highest BCUT2D eigenvalue weighted by molar-refractivity contribution is 6.30. The second-order valence-electron chi connectivity index (χ2n) is 4.68. The Kier molecular flexibility index (Phi) is 5.76. The first kappa shape index (κ1) is 15.5. The molecule has 3 nitrogen and oxygen atoms in total. The van der Waals surface area contributed by atoms with E-state index in [1.807, 2.05) is 42.5 Å². The highest BCUT2D eigenvalue weighted by Gasteiger charge is 2.04. The molecule has 2 aromatic carbocycles. The van der Waals surface area contributed by atoms with Crippen LogP contribution in [-0.4, -0.2) is 13.7 Å². The summed E-state index contributed by atoms with van der Waals surface area (Å²) in [7, 11) is 1.66. The smallest absolute Gasteiger partial charge is 0.123 e. The summed E-state index contributed by atoms with van der Waals surface area (Å²) in [5, 5.41) is 4.06. The van der Waals surface area contributed by atoms with Gasteiger partial charge in [-0.1, -0.05) is 18.5 Å². The van der Waals surface area contributed by atoms with Crippen molar-refractivity contribution in [1.29, 1.82) is 0 Å². The van der Waals surface area contributed by atoms with E-state index >= 15 is 0 Å². The molecule has 0 saturated carbocycles. The second kappa shape index (κ2) is 7.79. The van der Waals surface area contributed by atoms with E-state index in [0.29, 0.717) is 11.6 Å². The summed E-state index contributed by atoms with van der Waals surface area (Å²) in [5.41, 5.74) is 2.05. The van der Waals surface area contributed by atoms with Crippen LogP contribution in [0, 0.1) is 0 Å². The molecular formula is C17H20ClNO2. The van der Waals surface area contributed by atoms with Gasteiger partial charge in [-0.2, -0.15) is 0 Å². The highest BCUT2D eigenvalue weighted by Crippen LogP contribution is 2.24. The number of methoxy groups -OCH3 is 1. The van der Waals surface area contributed by atoms with E-state index in [-0.39, 0.29) is 0 Å². The molecule has 2 rings (SSSR count). The van der Waals surface area contributed by atoms with Crippen LogP contribution in [0.2, 0.25) is 5.02 Å². The van der Waals surface area contributed by atoms with Gasteiger partial charge in [-0.25, -0.2) is 0 Å². The molecule has 112 valence electrons. The van der Waals surface area contributed by atoms with E-state index in [2.05, 4.69) is 12.2 Å². The molecule has 0 atom stereocenters. The van der Waals surface area contributed by atoms with Gasteiger partial charge < -0.3 is 14.8 Å². The zero-order valence-electron chi connectivity index (χ0n) is 12.4. The van der Waals surface area contributed by atoms with Crippen LogP contribution in [0.3, 0.4) is 0 Å². The first-order valence-corrected chi connectivity index (χ1v) is 7.40. The Bertz CT molecular complexity index is 570. The van der Waals surface area contributed by atoms with Gasteiger partial charge in [0.2, 0.25) is 0 Å². The second-order valence-corrected chi connectivity index (χ2v) is 5.12. The van der Waals surface area contributed by atoms with Crippen molar-refractivity contribution in [3.05, 3.63) is 53.1 Å². The third-order valence-corrected chi connectivity index (χ3v) is 3.29.